The van der Waals surface area contributed by atoms with Crippen molar-refractivity contribution in [3.05, 3.63) is 53.9 Å². The van der Waals surface area contributed by atoms with E-state index in [0.29, 0.717) is 18.4 Å². The van der Waals surface area contributed by atoms with Crippen molar-refractivity contribution < 1.29 is 0 Å². The minimum absolute atomic E-state index is 0.354. The van der Waals surface area contributed by atoms with Crippen LogP contribution in [0, 0.1) is 0 Å². The van der Waals surface area contributed by atoms with Crippen LogP contribution in [0.3, 0.4) is 0 Å². The summed E-state index contributed by atoms with van der Waals surface area (Å²) in [5, 5.41) is 9.78. The van der Waals surface area contributed by atoms with E-state index in [-0.39, 0.29) is 0 Å². The van der Waals surface area contributed by atoms with Gasteiger partial charge in [0, 0.05) is 23.7 Å². The number of pyridine rings is 1. The van der Waals surface area contributed by atoms with Gasteiger partial charge in [0.25, 0.3) is 0 Å². The van der Waals surface area contributed by atoms with Crippen molar-refractivity contribution in [1.82, 2.24) is 24.6 Å². The third kappa shape index (κ3) is 2.99. The first-order chi connectivity index (χ1) is 12.7. The lowest BCUT2D eigenvalue weighted by atomic mass is 10.1. The zero-order chi connectivity index (χ0) is 18.1. The number of hydrogen-bond donors (Lipinski definition) is 1. The Morgan fingerprint density at radius 3 is 2.81 bits per heavy atom. The molecule has 3 aromatic heterocycles. The summed E-state index contributed by atoms with van der Waals surface area (Å²) in [5.74, 6) is 1.05. The van der Waals surface area contributed by atoms with E-state index < -0.39 is 0 Å². The van der Waals surface area contributed by atoms with Crippen molar-refractivity contribution in [2.45, 2.75) is 31.5 Å². The number of benzene rings is 1. The number of para-hydroxylation sites is 1. The van der Waals surface area contributed by atoms with Crippen molar-refractivity contribution in [1.29, 1.82) is 0 Å². The maximum Gasteiger partial charge on any atom is 0.228 e. The third-order valence-electron chi connectivity index (χ3n) is 4.33. The standard InChI is InChI=1S/C19H20N6S/c1-12(2)15-11-22-25-17(15)23-19(26-3)24-18(25)21-10-14-7-4-6-13-8-5-9-20-16(13)14/h4-9,11-12H,10H2,1-3H3,(H,21,23,24). The van der Waals surface area contributed by atoms with E-state index >= 15 is 0 Å². The SMILES string of the molecule is CSc1nc(NCc2cccc3cccnc23)n2ncc(C(C)C)c2n1. The van der Waals surface area contributed by atoms with E-state index in [2.05, 4.69) is 63.5 Å². The van der Waals surface area contributed by atoms with Gasteiger partial charge in [-0.05, 0) is 23.8 Å². The second kappa shape index (κ2) is 6.92. The molecule has 0 atom stereocenters. The van der Waals surface area contributed by atoms with Gasteiger partial charge in [0.15, 0.2) is 10.8 Å². The summed E-state index contributed by atoms with van der Waals surface area (Å²) in [6.45, 7) is 4.91. The molecule has 1 N–H and O–H groups in total. The van der Waals surface area contributed by atoms with Crippen LogP contribution in [0.4, 0.5) is 5.95 Å². The molecule has 0 saturated heterocycles. The number of fused-ring (bicyclic) bond motifs is 2. The molecule has 0 fully saturated rings. The molecule has 4 rings (SSSR count). The van der Waals surface area contributed by atoms with Gasteiger partial charge in [-0.15, -0.1) is 0 Å². The number of nitrogens with zero attached hydrogens (tertiary/aromatic N) is 5. The minimum atomic E-state index is 0.354. The normalized spacial score (nSPS) is 11.5. The molecule has 132 valence electrons. The number of aromatic nitrogens is 5. The fraction of sp³-hybridized carbons (Fsp3) is 0.263. The number of anilines is 1. The summed E-state index contributed by atoms with van der Waals surface area (Å²) in [7, 11) is 0. The first-order valence-corrected chi connectivity index (χ1v) is 9.76. The Kier molecular flexibility index (Phi) is 4.46. The summed E-state index contributed by atoms with van der Waals surface area (Å²) in [4.78, 5) is 13.8. The largest absolute Gasteiger partial charge is 0.350 e. The Morgan fingerprint density at radius 1 is 1.15 bits per heavy atom. The third-order valence-corrected chi connectivity index (χ3v) is 4.88. The maximum atomic E-state index is 4.64. The van der Waals surface area contributed by atoms with Gasteiger partial charge in [-0.25, -0.2) is 4.98 Å². The summed E-state index contributed by atoms with van der Waals surface area (Å²) in [5.41, 5.74) is 4.11. The Labute approximate surface area is 156 Å². The molecule has 26 heavy (non-hydrogen) atoms. The Bertz CT molecular complexity index is 1070. The van der Waals surface area contributed by atoms with Crippen LogP contribution in [0.25, 0.3) is 16.6 Å². The molecule has 0 saturated carbocycles. The van der Waals surface area contributed by atoms with Gasteiger partial charge in [0.05, 0.1) is 11.7 Å². The molecule has 0 aliphatic rings. The topological polar surface area (TPSA) is 68.0 Å². The second-order valence-corrected chi connectivity index (χ2v) is 7.14. The van der Waals surface area contributed by atoms with Gasteiger partial charge in [-0.1, -0.05) is 49.9 Å². The summed E-state index contributed by atoms with van der Waals surface area (Å²) >= 11 is 1.53. The maximum absolute atomic E-state index is 4.64. The lowest BCUT2D eigenvalue weighted by molar-refractivity contribution is 0.824. The van der Waals surface area contributed by atoms with E-state index in [1.165, 1.54) is 11.8 Å². The van der Waals surface area contributed by atoms with Crippen molar-refractivity contribution in [2.24, 2.45) is 0 Å². The molecule has 0 aliphatic heterocycles. The smallest absolute Gasteiger partial charge is 0.228 e. The van der Waals surface area contributed by atoms with Crippen LogP contribution in [0.5, 0.6) is 0 Å². The van der Waals surface area contributed by atoms with Gasteiger partial charge in [0.1, 0.15) is 0 Å². The fourth-order valence-electron chi connectivity index (χ4n) is 2.97. The average molecular weight is 364 g/mol. The molecule has 4 aromatic rings. The van der Waals surface area contributed by atoms with Gasteiger partial charge < -0.3 is 5.32 Å². The number of rotatable bonds is 5. The number of nitrogens with one attached hydrogen (secondary N) is 1. The zero-order valence-electron chi connectivity index (χ0n) is 15.0. The molecule has 0 amide bonds. The molecular weight excluding hydrogens is 344 g/mol. The Hall–Kier alpha value is -2.67. The molecule has 0 unspecified atom stereocenters. The predicted molar refractivity (Wildman–Crippen MR) is 106 cm³/mol. The van der Waals surface area contributed by atoms with E-state index in [1.807, 2.05) is 24.7 Å². The van der Waals surface area contributed by atoms with Crippen molar-refractivity contribution >= 4 is 34.3 Å². The lowest BCUT2D eigenvalue weighted by Gasteiger charge is -2.11. The molecule has 0 spiro atoms. The van der Waals surface area contributed by atoms with Gasteiger partial charge >= 0.3 is 0 Å². The van der Waals surface area contributed by atoms with E-state index in [0.717, 1.165) is 32.8 Å². The molecule has 0 bridgehead atoms. The van der Waals surface area contributed by atoms with Crippen LogP contribution < -0.4 is 5.32 Å². The predicted octanol–water partition coefficient (Wildman–Crippen LogP) is 4.13. The highest BCUT2D eigenvalue weighted by molar-refractivity contribution is 7.98. The first-order valence-electron chi connectivity index (χ1n) is 8.53. The lowest BCUT2D eigenvalue weighted by Crippen LogP contribution is -2.10. The van der Waals surface area contributed by atoms with Gasteiger partial charge in [0.2, 0.25) is 5.95 Å². The molecule has 0 aliphatic carbocycles. The summed E-state index contributed by atoms with van der Waals surface area (Å²) < 4.78 is 1.79. The highest BCUT2D eigenvalue weighted by Gasteiger charge is 2.15. The summed E-state index contributed by atoms with van der Waals surface area (Å²) in [6.07, 6.45) is 5.68. The molecule has 7 heteroatoms. The van der Waals surface area contributed by atoms with Gasteiger partial charge in [-0.2, -0.15) is 14.6 Å². The van der Waals surface area contributed by atoms with E-state index in [9.17, 15) is 0 Å². The second-order valence-electron chi connectivity index (χ2n) is 6.37. The van der Waals surface area contributed by atoms with Crippen LogP contribution in [-0.4, -0.2) is 30.8 Å². The molecular formula is C19H20N6S. The number of thioether (sulfide) groups is 1. The van der Waals surface area contributed by atoms with Crippen LogP contribution in [0.2, 0.25) is 0 Å². The zero-order valence-corrected chi connectivity index (χ0v) is 15.8. The molecule has 1 aromatic carbocycles. The summed E-state index contributed by atoms with van der Waals surface area (Å²) in [6, 6.07) is 10.2. The Morgan fingerprint density at radius 2 is 2.00 bits per heavy atom. The fourth-order valence-corrected chi connectivity index (χ4v) is 3.33. The van der Waals surface area contributed by atoms with E-state index in [4.69, 9.17) is 0 Å². The Balaban J connectivity index is 1.72. The minimum Gasteiger partial charge on any atom is -0.350 e. The molecule has 3 heterocycles. The van der Waals surface area contributed by atoms with Crippen LogP contribution in [-0.2, 0) is 6.54 Å². The molecule has 0 radical (unpaired) electrons. The van der Waals surface area contributed by atoms with Crippen LogP contribution in [0.15, 0.2) is 47.9 Å². The first kappa shape index (κ1) is 16.8. The van der Waals surface area contributed by atoms with Crippen LogP contribution in [0.1, 0.15) is 30.9 Å². The highest BCUT2D eigenvalue weighted by atomic mass is 32.2. The van der Waals surface area contributed by atoms with Crippen molar-refractivity contribution in [2.75, 3.05) is 11.6 Å². The van der Waals surface area contributed by atoms with Crippen LogP contribution >= 0.6 is 11.8 Å². The van der Waals surface area contributed by atoms with E-state index in [1.54, 1.807) is 4.52 Å². The quantitative estimate of drug-likeness (QED) is 0.537. The average Bonchev–Trinajstić information content (AvgIpc) is 3.10. The van der Waals surface area contributed by atoms with Gasteiger partial charge in [-0.3, -0.25) is 4.98 Å². The highest BCUT2D eigenvalue weighted by Crippen LogP contribution is 2.24. The van der Waals surface area contributed by atoms with Crippen molar-refractivity contribution in [3.8, 4) is 0 Å². The monoisotopic (exact) mass is 364 g/mol. The number of hydrogen-bond acceptors (Lipinski definition) is 6. The van der Waals surface area contributed by atoms with Crippen molar-refractivity contribution in [3.63, 3.8) is 0 Å². The molecule has 6 nitrogen and oxygen atoms in total.